The Morgan fingerprint density at radius 1 is 1.44 bits per heavy atom. The molecule has 88 valence electrons. The second kappa shape index (κ2) is 4.47. The summed E-state index contributed by atoms with van der Waals surface area (Å²) in [5, 5.41) is 10.0. The first-order valence-corrected chi connectivity index (χ1v) is 5.43. The highest BCUT2D eigenvalue weighted by atomic mass is 19.2. The molecule has 2 rings (SSSR count). The fourth-order valence-electron chi connectivity index (χ4n) is 2.29. The quantitative estimate of drug-likeness (QED) is 0.836. The molecule has 2 nitrogen and oxygen atoms in total. The fraction of sp³-hybridized carbons (Fsp3) is 0.500. The molecule has 2 atom stereocenters. The fourth-order valence-corrected chi connectivity index (χ4v) is 2.29. The van der Waals surface area contributed by atoms with E-state index in [2.05, 4.69) is 0 Å². The molecule has 0 radical (unpaired) electrons. The molecule has 1 fully saturated rings. The van der Waals surface area contributed by atoms with Crippen LogP contribution in [0.2, 0.25) is 0 Å². The smallest absolute Gasteiger partial charge is 0.164 e. The molecule has 0 aliphatic carbocycles. The van der Waals surface area contributed by atoms with E-state index in [0.717, 1.165) is 25.5 Å². The lowest BCUT2D eigenvalue weighted by Crippen LogP contribution is -2.31. The van der Waals surface area contributed by atoms with Crippen LogP contribution >= 0.6 is 0 Å². The number of likely N-dealkylation sites (tertiary alicyclic amines) is 1. The molecule has 1 aromatic rings. The maximum Gasteiger partial charge on any atom is 0.164 e. The van der Waals surface area contributed by atoms with Crippen molar-refractivity contribution in [2.45, 2.75) is 25.0 Å². The van der Waals surface area contributed by atoms with Crippen molar-refractivity contribution in [3.63, 3.8) is 0 Å². The van der Waals surface area contributed by atoms with E-state index in [4.69, 9.17) is 0 Å². The Kier molecular flexibility index (Phi) is 3.21. The second-order valence-corrected chi connectivity index (χ2v) is 4.28. The summed E-state index contributed by atoms with van der Waals surface area (Å²) in [6, 6.07) is 3.81. The number of hydrogen-bond donors (Lipinski definition) is 1. The maximum absolute atomic E-state index is 13.5. The summed E-state index contributed by atoms with van der Waals surface area (Å²) in [6.45, 7) is 0.888. The molecule has 0 bridgehead atoms. The predicted molar refractivity (Wildman–Crippen MR) is 57.0 cm³/mol. The molecular weight excluding hydrogens is 212 g/mol. The van der Waals surface area contributed by atoms with Gasteiger partial charge in [-0.3, -0.25) is 0 Å². The SMILES string of the molecule is CN1CCC[C@H]1[C@H](O)c1cccc(F)c1F. The summed E-state index contributed by atoms with van der Waals surface area (Å²) < 4.78 is 26.5. The number of rotatable bonds is 2. The van der Waals surface area contributed by atoms with E-state index in [1.165, 1.54) is 12.1 Å². The number of benzene rings is 1. The molecule has 1 aliphatic heterocycles. The predicted octanol–water partition coefficient (Wildman–Crippen LogP) is 2.09. The van der Waals surface area contributed by atoms with E-state index in [-0.39, 0.29) is 11.6 Å². The van der Waals surface area contributed by atoms with Gasteiger partial charge < -0.3 is 10.0 Å². The van der Waals surface area contributed by atoms with Crippen molar-refractivity contribution in [2.24, 2.45) is 0 Å². The van der Waals surface area contributed by atoms with Crippen molar-refractivity contribution in [1.82, 2.24) is 4.90 Å². The van der Waals surface area contributed by atoms with E-state index in [1.54, 1.807) is 0 Å². The van der Waals surface area contributed by atoms with E-state index in [1.807, 2.05) is 11.9 Å². The zero-order valence-corrected chi connectivity index (χ0v) is 9.16. The highest BCUT2D eigenvalue weighted by Gasteiger charge is 2.30. The van der Waals surface area contributed by atoms with E-state index in [0.29, 0.717) is 0 Å². The molecule has 1 aliphatic rings. The van der Waals surface area contributed by atoms with Gasteiger partial charge in [-0.2, -0.15) is 0 Å². The van der Waals surface area contributed by atoms with Crippen LogP contribution in [0.1, 0.15) is 24.5 Å². The number of hydrogen-bond acceptors (Lipinski definition) is 2. The molecule has 16 heavy (non-hydrogen) atoms. The Morgan fingerprint density at radius 2 is 2.19 bits per heavy atom. The van der Waals surface area contributed by atoms with Gasteiger partial charge in [0.1, 0.15) is 0 Å². The first kappa shape index (κ1) is 11.5. The third-order valence-electron chi connectivity index (χ3n) is 3.24. The number of aliphatic hydroxyl groups excluding tert-OH is 1. The second-order valence-electron chi connectivity index (χ2n) is 4.28. The lowest BCUT2D eigenvalue weighted by Gasteiger charge is -2.25. The lowest BCUT2D eigenvalue weighted by molar-refractivity contribution is 0.0820. The molecule has 1 aromatic carbocycles. The normalized spacial score (nSPS) is 23.6. The summed E-state index contributed by atoms with van der Waals surface area (Å²) in [5.41, 5.74) is 0.0544. The first-order valence-electron chi connectivity index (χ1n) is 5.43. The summed E-state index contributed by atoms with van der Waals surface area (Å²) in [4.78, 5) is 1.98. The van der Waals surface area contributed by atoms with Crippen LogP contribution in [0.15, 0.2) is 18.2 Å². The van der Waals surface area contributed by atoms with Crippen molar-refractivity contribution in [3.05, 3.63) is 35.4 Å². The Morgan fingerprint density at radius 3 is 2.81 bits per heavy atom. The van der Waals surface area contributed by atoms with Crippen molar-refractivity contribution in [1.29, 1.82) is 0 Å². The summed E-state index contributed by atoms with van der Waals surface area (Å²) >= 11 is 0. The molecule has 0 amide bonds. The molecule has 0 saturated carbocycles. The monoisotopic (exact) mass is 227 g/mol. The average molecular weight is 227 g/mol. The summed E-state index contributed by atoms with van der Waals surface area (Å²) in [7, 11) is 1.89. The summed E-state index contributed by atoms with van der Waals surface area (Å²) in [5.74, 6) is -1.84. The minimum Gasteiger partial charge on any atom is -0.387 e. The molecule has 0 unspecified atom stereocenters. The van der Waals surface area contributed by atoms with Gasteiger partial charge in [-0.1, -0.05) is 12.1 Å². The minimum atomic E-state index is -0.955. The highest BCUT2D eigenvalue weighted by molar-refractivity contribution is 5.22. The Hall–Kier alpha value is -1.00. The Labute approximate surface area is 93.5 Å². The standard InChI is InChI=1S/C12H15F2NO/c1-15-7-3-6-10(15)12(16)8-4-2-5-9(13)11(8)14/h2,4-5,10,12,16H,3,6-7H2,1H3/t10-,12+/m0/s1. The van der Waals surface area contributed by atoms with Gasteiger partial charge in [0.25, 0.3) is 0 Å². The molecule has 1 N–H and O–H groups in total. The Bertz CT molecular complexity index is 383. The van der Waals surface area contributed by atoms with E-state index in [9.17, 15) is 13.9 Å². The topological polar surface area (TPSA) is 23.5 Å². The third kappa shape index (κ3) is 1.95. The van der Waals surface area contributed by atoms with Crippen molar-refractivity contribution < 1.29 is 13.9 Å². The lowest BCUT2D eigenvalue weighted by atomic mass is 10.00. The number of halogens is 2. The molecular formula is C12H15F2NO. The van der Waals surface area contributed by atoms with Gasteiger partial charge in [0.15, 0.2) is 11.6 Å². The van der Waals surface area contributed by atoms with Gasteiger partial charge in [-0.15, -0.1) is 0 Å². The Balaban J connectivity index is 2.26. The van der Waals surface area contributed by atoms with Crippen LogP contribution < -0.4 is 0 Å². The highest BCUT2D eigenvalue weighted by Crippen LogP contribution is 2.30. The minimum absolute atomic E-state index is 0.0544. The first-order chi connectivity index (χ1) is 7.61. The van der Waals surface area contributed by atoms with Crippen LogP contribution in [0, 0.1) is 11.6 Å². The zero-order chi connectivity index (χ0) is 11.7. The van der Waals surface area contributed by atoms with Crippen molar-refractivity contribution in [3.8, 4) is 0 Å². The largest absolute Gasteiger partial charge is 0.387 e. The van der Waals surface area contributed by atoms with E-state index >= 15 is 0 Å². The van der Waals surface area contributed by atoms with Crippen LogP contribution in [-0.2, 0) is 0 Å². The van der Waals surface area contributed by atoms with Crippen LogP contribution in [0.4, 0.5) is 8.78 Å². The van der Waals surface area contributed by atoms with Gasteiger partial charge in [0, 0.05) is 11.6 Å². The molecule has 1 heterocycles. The number of likely N-dealkylation sites (N-methyl/N-ethyl adjacent to an activating group) is 1. The number of nitrogens with zero attached hydrogens (tertiary/aromatic N) is 1. The van der Waals surface area contributed by atoms with Crippen molar-refractivity contribution >= 4 is 0 Å². The maximum atomic E-state index is 13.5. The van der Waals surface area contributed by atoms with Crippen LogP contribution in [0.3, 0.4) is 0 Å². The zero-order valence-electron chi connectivity index (χ0n) is 9.16. The molecule has 0 aromatic heterocycles. The van der Waals surface area contributed by atoms with E-state index < -0.39 is 17.7 Å². The average Bonchev–Trinajstić information content (AvgIpc) is 2.68. The van der Waals surface area contributed by atoms with Gasteiger partial charge in [-0.25, -0.2) is 8.78 Å². The molecule has 1 saturated heterocycles. The van der Waals surface area contributed by atoms with Gasteiger partial charge in [0.05, 0.1) is 6.10 Å². The van der Waals surface area contributed by atoms with Crippen LogP contribution in [0.25, 0.3) is 0 Å². The van der Waals surface area contributed by atoms with Crippen LogP contribution in [0.5, 0.6) is 0 Å². The van der Waals surface area contributed by atoms with Crippen LogP contribution in [-0.4, -0.2) is 29.6 Å². The molecule has 4 heteroatoms. The molecule has 0 spiro atoms. The van der Waals surface area contributed by atoms with Gasteiger partial charge in [0.2, 0.25) is 0 Å². The van der Waals surface area contributed by atoms with Gasteiger partial charge >= 0.3 is 0 Å². The van der Waals surface area contributed by atoms with Gasteiger partial charge in [-0.05, 0) is 32.5 Å². The number of aliphatic hydroxyl groups is 1. The van der Waals surface area contributed by atoms with Crippen molar-refractivity contribution in [2.75, 3.05) is 13.6 Å². The summed E-state index contributed by atoms with van der Waals surface area (Å²) in [6.07, 6.45) is 0.839. The third-order valence-corrected chi connectivity index (χ3v) is 3.24.